The van der Waals surface area contributed by atoms with Crippen molar-refractivity contribution in [2.24, 2.45) is 10.7 Å². The first-order valence-electron chi connectivity index (χ1n) is 13.8. The number of carbonyl (C=O) groups is 1. The lowest BCUT2D eigenvalue weighted by molar-refractivity contribution is -0.123. The second kappa shape index (κ2) is 10.8. The number of nitrogens with one attached hydrogen (secondary N) is 1. The van der Waals surface area contributed by atoms with Gasteiger partial charge in [-0.2, -0.15) is 10.3 Å². The summed E-state index contributed by atoms with van der Waals surface area (Å²) in [5, 5.41) is 13.8. The van der Waals surface area contributed by atoms with Gasteiger partial charge < -0.3 is 31.5 Å². The molecule has 4 heterocycles. The lowest BCUT2D eigenvalue weighted by Gasteiger charge is -2.36. The van der Waals surface area contributed by atoms with E-state index in [1.807, 2.05) is 13.0 Å². The van der Waals surface area contributed by atoms with E-state index in [9.17, 15) is 10.1 Å². The fraction of sp³-hybridized carbons (Fsp3) is 0.571. The first-order chi connectivity index (χ1) is 18.6. The van der Waals surface area contributed by atoms with Gasteiger partial charge in [0.1, 0.15) is 22.6 Å². The zero-order chi connectivity index (χ0) is 27.9. The Morgan fingerprint density at radius 2 is 1.97 bits per heavy atom. The lowest BCUT2D eigenvalue weighted by Crippen LogP contribution is -2.49. The summed E-state index contributed by atoms with van der Waals surface area (Å²) >= 11 is 1.41. The molecule has 2 aliphatic heterocycles. The van der Waals surface area contributed by atoms with Crippen molar-refractivity contribution < 1.29 is 4.79 Å². The van der Waals surface area contributed by atoms with Gasteiger partial charge in [-0.25, -0.2) is 4.98 Å². The largest absolute Gasteiger partial charge is 0.389 e. The molecule has 0 saturated carbocycles. The number of likely N-dealkylation sites (N-methyl/N-ethyl adjacent to an activating group) is 1. The summed E-state index contributed by atoms with van der Waals surface area (Å²) in [6, 6.07) is 6.68. The van der Waals surface area contributed by atoms with E-state index >= 15 is 0 Å². The number of aliphatic imine (C=N–C) groups is 1. The number of carbonyl (C=O) groups excluding carboxylic acids is 1. The van der Waals surface area contributed by atoms with E-state index in [0.29, 0.717) is 28.7 Å². The third-order valence-electron chi connectivity index (χ3n) is 8.47. The third-order valence-corrected chi connectivity index (χ3v) is 9.72. The average molecular weight is 550 g/mol. The predicted molar refractivity (Wildman–Crippen MR) is 158 cm³/mol. The Hall–Kier alpha value is -3.20. The molecule has 3 atom stereocenters. The van der Waals surface area contributed by atoms with Gasteiger partial charge in [0.15, 0.2) is 5.84 Å². The molecule has 1 aliphatic carbocycles. The van der Waals surface area contributed by atoms with E-state index < -0.39 is 5.41 Å². The van der Waals surface area contributed by atoms with Gasteiger partial charge in [0, 0.05) is 74.0 Å². The van der Waals surface area contributed by atoms with Crippen LogP contribution < -0.4 is 26.6 Å². The highest BCUT2D eigenvalue weighted by atomic mass is 32.1. The minimum absolute atomic E-state index is 0.100. The molecule has 3 unspecified atom stereocenters. The number of piperazine rings is 2. The van der Waals surface area contributed by atoms with Crippen LogP contribution in [0.15, 0.2) is 17.1 Å². The Bertz CT molecular complexity index is 1320. The van der Waals surface area contributed by atoms with E-state index in [-0.39, 0.29) is 17.7 Å². The summed E-state index contributed by atoms with van der Waals surface area (Å²) in [5.41, 5.74) is 14.4. The fourth-order valence-electron chi connectivity index (χ4n) is 5.92. The van der Waals surface area contributed by atoms with Gasteiger partial charge in [-0.1, -0.05) is 6.92 Å². The molecule has 208 valence electrons. The van der Waals surface area contributed by atoms with Gasteiger partial charge in [-0.15, -0.1) is 11.3 Å². The number of amides is 1. The van der Waals surface area contributed by atoms with Crippen LogP contribution in [0.4, 0.5) is 16.5 Å². The summed E-state index contributed by atoms with van der Waals surface area (Å²) in [6.07, 6.45) is 1.40. The van der Waals surface area contributed by atoms with Gasteiger partial charge >= 0.3 is 0 Å². The van der Waals surface area contributed by atoms with Gasteiger partial charge in [-0.3, -0.25) is 4.79 Å². The second-order valence-electron chi connectivity index (χ2n) is 11.4. The van der Waals surface area contributed by atoms with Crippen LogP contribution in [0.2, 0.25) is 0 Å². The molecular formula is C28H39N9OS. The number of nitrogens with two attached hydrogens (primary N) is 2. The molecule has 2 aromatic rings. The minimum atomic E-state index is -0.961. The van der Waals surface area contributed by atoms with E-state index in [1.54, 1.807) is 0 Å². The van der Waals surface area contributed by atoms with Crippen molar-refractivity contribution in [2.75, 3.05) is 68.4 Å². The van der Waals surface area contributed by atoms with Crippen LogP contribution in [0.25, 0.3) is 0 Å². The minimum Gasteiger partial charge on any atom is -0.389 e. The van der Waals surface area contributed by atoms with Crippen LogP contribution in [-0.2, 0) is 10.2 Å². The van der Waals surface area contributed by atoms with E-state index in [0.717, 1.165) is 74.2 Å². The van der Waals surface area contributed by atoms with E-state index in [1.165, 1.54) is 11.3 Å². The molecule has 0 bridgehead atoms. The fourth-order valence-corrected chi connectivity index (χ4v) is 7.15. The monoisotopic (exact) mass is 549 g/mol. The van der Waals surface area contributed by atoms with E-state index in [4.69, 9.17) is 16.5 Å². The highest BCUT2D eigenvalue weighted by Gasteiger charge is 2.45. The Morgan fingerprint density at radius 3 is 2.67 bits per heavy atom. The topological polar surface area (TPSA) is 140 Å². The van der Waals surface area contributed by atoms with E-state index in [2.05, 4.69) is 58.0 Å². The van der Waals surface area contributed by atoms with Crippen LogP contribution in [0.3, 0.4) is 0 Å². The van der Waals surface area contributed by atoms with Crippen LogP contribution >= 0.6 is 11.3 Å². The Morgan fingerprint density at radius 1 is 1.23 bits per heavy atom. The molecule has 0 radical (unpaired) electrons. The number of amidine groups is 1. The highest BCUT2D eigenvalue weighted by Crippen LogP contribution is 2.50. The number of nitrogen functional groups attached to an aromatic ring is 1. The molecule has 5 N–H and O–H groups in total. The highest BCUT2D eigenvalue weighted by molar-refractivity contribution is 7.16. The van der Waals surface area contributed by atoms with Crippen molar-refractivity contribution in [3.8, 4) is 6.07 Å². The van der Waals surface area contributed by atoms with Crippen molar-refractivity contribution in [1.82, 2.24) is 15.2 Å². The van der Waals surface area contributed by atoms with Gasteiger partial charge in [0.2, 0.25) is 0 Å². The molecule has 5 rings (SSSR count). The standard InChI is InChI=1S/C28H39N9OS/c1-17-5-6-28(3,23-20(15-29)26(31)39-24(17)23)27(38)34-25(30)21-13-19(37-8-7-32-18(2)16-37)14-22(33-21)36-11-9-35(4)10-12-36/h13-14,17-18,32H,5-12,16,31H2,1-4H3,(H2,30,34,38). The number of fused-ring (bicyclic) bond motifs is 1. The van der Waals surface area contributed by atoms with Crippen LogP contribution in [0.5, 0.6) is 0 Å². The number of nitrogens with zero attached hydrogens (tertiary/aromatic N) is 6. The number of rotatable bonds is 4. The molecule has 0 spiro atoms. The van der Waals surface area contributed by atoms with Crippen molar-refractivity contribution in [1.29, 1.82) is 5.26 Å². The van der Waals surface area contributed by atoms with Gasteiger partial charge in [0.05, 0.1) is 11.0 Å². The average Bonchev–Trinajstić information content (AvgIpc) is 3.28. The second-order valence-corrected chi connectivity index (χ2v) is 12.5. The Balaban J connectivity index is 1.52. The molecule has 0 aromatic carbocycles. The molecule has 3 aliphatic rings. The van der Waals surface area contributed by atoms with Gasteiger partial charge in [0.25, 0.3) is 5.91 Å². The SMILES string of the molecule is CC1CN(c2cc(C(N)=NC(=O)C3(C)CCC(C)c4sc(N)c(C#N)c43)nc(N3CCN(C)CC3)c2)CCN1. The third kappa shape index (κ3) is 5.21. The van der Waals surface area contributed by atoms with Crippen molar-refractivity contribution >= 4 is 39.6 Å². The number of nitriles is 1. The number of thiophene rings is 1. The Kier molecular flexibility index (Phi) is 7.55. The van der Waals surface area contributed by atoms with Crippen LogP contribution in [0.1, 0.15) is 61.2 Å². The van der Waals surface area contributed by atoms with Crippen molar-refractivity contribution in [3.63, 3.8) is 0 Å². The molecular weight excluding hydrogens is 510 g/mol. The predicted octanol–water partition coefficient (Wildman–Crippen LogP) is 2.23. The van der Waals surface area contributed by atoms with Crippen LogP contribution in [0, 0.1) is 11.3 Å². The molecule has 1 amide bonds. The van der Waals surface area contributed by atoms with Crippen LogP contribution in [-0.4, -0.2) is 80.5 Å². The zero-order valence-corrected chi connectivity index (χ0v) is 24.1. The maximum atomic E-state index is 13.8. The number of hydrogen-bond donors (Lipinski definition) is 3. The molecule has 2 saturated heterocycles. The maximum absolute atomic E-state index is 13.8. The van der Waals surface area contributed by atoms with Crippen molar-refractivity contribution in [2.45, 2.75) is 51.0 Å². The number of anilines is 3. The molecule has 11 heteroatoms. The maximum Gasteiger partial charge on any atom is 0.258 e. The smallest absolute Gasteiger partial charge is 0.258 e. The summed E-state index contributed by atoms with van der Waals surface area (Å²) in [5.74, 6) is 0.836. The summed E-state index contributed by atoms with van der Waals surface area (Å²) < 4.78 is 0. The quantitative estimate of drug-likeness (QED) is 0.387. The summed E-state index contributed by atoms with van der Waals surface area (Å²) in [7, 11) is 2.13. The molecule has 10 nitrogen and oxygen atoms in total. The number of pyridine rings is 1. The zero-order valence-electron chi connectivity index (χ0n) is 23.3. The molecule has 2 fully saturated rings. The number of aromatic nitrogens is 1. The molecule has 39 heavy (non-hydrogen) atoms. The molecule has 2 aromatic heterocycles. The summed E-state index contributed by atoms with van der Waals surface area (Å²) in [4.78, 5) is 31.1. The first-order valence-corrected chi connectivity index (χ1v) is 14.6. The normalized spacial score (nSPS) is 26.3. The Labute approximate surface area is 234 Å². The summed E-state index contributed by atoms with van der Waals surface area (Å²) in [6.45, 7) is 12.5. The first kappa shape index (κ1) is 27.4. The number of hydrogen-bond acceptors (Lipinski definition) is 9. The van der Waals surface area contributed by atoms with Gasteiger partial charge in [-0.05, 0) is 45.7 Å². The lowest BCUT2D eigenvalue weighted by atomic mass is 9.69. The van der Waals surface area contributed by atoms with Crippen molar-refractivity contribution in [3.05, 3.63) is 33.8 Å².